The van der Waals surface area contributed by atoms with Crippen molar-refractivity contribution in [2.24, 2.45) is 10.8 Å². The van der Waals surface area contributed by atoms with Crippen LogP contribution in [0.5, 0.6) is 0 Å². The van der Waals surface area contributed by atoms with Crippen molar-refractivity contribution in [3.05, 3.63) is 62.6 Å². The van der Waals surface area contributed by atoms with E-state index in [2.05, 4.69) is 21.1 Å². The van der Waals surface area contributed by atoms with Crippen LogP contribution in [-0.2, 0) is 20.7 Å². The Hall–Kier alpha value is -2.85. The van der Waals surface area contributed by atoms with E-state index in [0.29, 0.717) is 16.3 Å². The monoisotopic (exact) mass is 513 g/mol. The Kier molecular flexibility index (Phi) is 10.4. The highest BCUT2D eigenvalue weighted by atomic mass is 35.5. The smallest absolute Gasteiger partial charge is 0.328 e. The van der Waals surface area contributed by atoms with Gasteiger partial charge in [0.05, 0.1) is 28.9 Å². The van der Waals surface area contributed by atoms with Crippen LogP contribution in [-0.4, -0.2) is 43.3 Å². The SMILES string of the molecule is CCOC(=O)C(Cc1cc(Cl)cc(Cl)c1Cl)NC(=O)CNC(=O)c1cccc(N=CNN)c1. The van der Waals surface area contributed by atoms with Crippen molar-refractivity contribution < 1.29 is 19.1 Å². The van der Waals surface area contributed by atoms with Crippen LogP contribution in [0.3, 0.4) is 0 Å². The number of amides is 2. The third kappa shape index (κ3) is 8.21. The van der Waals surface area contributed by atoms with Gasteiger partial charge in [-0.05, 0) is 42.8 Å². The molecule has 0 spiro atoms. The first-order chi connectivity index (χ1) is 15.7. The van der Waals surface area contributed by atoms with Gasteiger partial charge in [0.15, 0.2) is 0 Å². The van der Waals surface area contributed by atoms with Crippen LogP contribution in [0, 0.1) is 0 Å². The van der Waals surface area contributed by atoms with Crippen LogP contribution in [0.1, 0.15) is 22.8 Å². The number of hydrogen-bond donors (Lipinski definition) is 4. The molecule has 0 bridgehead atoms. The molecule has 0 aliphatic rings. The third-order valence-electron chi connectivity index (χ3n) is 4.20. The first-order valence-electron chi connectivity index (χ1n) is 9.71. The zero-order chi connectivity index (χ0) is 24.4. The molecule has 9 nitrogen and oxygen atoms in total. The molecule has 0 fully saturated rings. The van der Waals surface area contributed by atoms with E-state index in [1.165, 1.54) is 18.5 Å². The quantitative estimate of drug-likeness (QED) is 0.0961. The summed E-state index contributed by atoms with van der Waals surface area (Å²) < 4.78 is 5.04. The summed E-state index contributed by atoms with van der Waals surface area (Å²) in [5, 5.41) is 5.79. The van der Waals surface area contributed by atoms with Gasteiger partial charge in [-0.25, -0.2) is 15.6 Å². The van der Waals surface area contributed by atoms with Gasteiger partial charge < -0.3 is 20.8 Å². The van der Waals surface area contributed by atoms with E-state index in [9.17, 15) is 14.4 Å². The number of carbonyl (C=O) groups is 3. The summed E-state index contributed by atoms with van der Waals surface area (Å²) in [7, 11) is 0. The number of ether oxygens (including phenoxy) is 1. The molecule has 2 amide bonds. The average molecular weight is 515 g/mol. The predicted molar refractivity (Wildman–Crippen MR) is 128 cm³/mol. The van der Waals surface area contributed by atoms with Crippen LogP contribution in [0.15, 0.2) is 41.4 Å². The number of aliphatic imine (C=N–C) groups is 1. The van der Waals surface area contributed by atoms with Gasteiger partial charge in [0.1, 0.15) is 12.4 Å². The second kappa shape index (κ2) is 13.0. The second-order valence-electron chi connectivity index (χ2n) is 6.59. The summed E-state index contributed by atoms with van der Waals surface area (Å²) in [6.07, 6.45) is 1.26. The van der Waals surface area contributed by atoms with Crippen molar-refractivity contribution in [2.75, 3.05) is 13.2 Å². The first-order valence-corrected chi connectivity index (χ1v) is 10.8. The maximum absolute atomic E-state index is 12.5. The fourth-order valence-electron chi connectivity index (χ4n) is 2.76. The number of rotatable bonds is 10. The molecule has 2 aromatic carbocycles. The van der Waals surface area contributed by atoms with Gasteiger partial charge in [-0.3, -0.25) is 9.59 Å². The molecule has 0 radical (unpaired) electrons. The third-order valence-corrected chi connectivity index (χ3v) is 5.26. The number of nitrogens with one attached hydrogen (secondary N) is 3. The van der Waals surface area contributed by atoms with Crippen molar-refractivity contribution in [3.63, 3.8) is 0 Å². The fraction of sp³-hybridized carbons (Fsp3) is 0.238. The van der Waals surface area contributed by atoms with E-state index in [4.69, 9.17) is 45.4 Å². The Morgan fingerprint density at radius 2 is 1.94 bits per heavy atom. The van der Waals surface area contributed by atoms with Crippen LogP contribution < -0.4 is 21.9 Å². The topological polar surface area (TPSA) is 135 Å². The van der Waals surface area contributed by atoms with Crippen LogP contribution >= 0.6 is 34.8 Å². The molecule has 2 rings (SSSR count). The number of esters is 1. The number of benzene rings is 2. The normalized spacial score (nSPS) is 11.7. The summed E-state index contributed by atoms with van der Waals surface area (Å²) in [6.45, 7) is 1.38. The van der Waals surface area contributed by atoms with Gasteiger partial charge in [-0.1, -0.05) is 40.9 Å². The first kappa shape index (κ1) is 26.4. The van der Waals surface area contributed by atoms with Crippen molar-refractivity contribution in [1.82, 2.24) is 16.1 Å². The molecule has 1 unspecified atom stereocenters. The molecule has 0 aliphatic carbocycles. The molecule has 33 heavy (non-hydrogen) atoms. The molecule has 0 aliphatic heterocycles. The van der Waals surface area contributed by atoms with E-state index in [-0.39, 0.29) is 35.2 Å². The standard InChI is InChI=1S/C21H22Cl3N5O4/c1-2-33-21(32)17(8-13-6-14(22)9-16(23)19(13)24)29-18(30)10-26-20(31)12-4-3-5-15(7-12)27-11-28-25/h3-7,9,11,17H,2,8,10,25H2,1H3,(H,26,31)(H,27,28)(H,29,30). The largest absolute Gasteiger partial charge is 0.464 e. The molecule has 2 aromatic rings. The average Bonchev–Trinajstić information content (AvgIpc) is 2.79. The second-order valence-corrected chi connectivity index (χ2v) is 7.82. The number of nitrogens with zero attached hydrogens (tertiary/aromatic N) is 1. The minimum Gasteiger partial charge on any atom is -0.464 e. The van der Waals surface area contributed by atoms with Gasteiger partial charge >= 0.3 is 5.97 Å². The van der Waals surface area contributed by atoms with Gasteiger partial charge in [-0.15, -0.1) is 0 Å². The molecular formula is C21H22Cl3N5O4. The molecule has 5 N–H and O–H groups in total. The van der Waals surface area contributed by atoms with Crippen molar-refractivity contribution >= 4 is 64.6 Å². The number of hydrogen-bond acceptors (Lipinski definition) is 6. The lowest BCUT2D eigenvalue weighted by Crippen LogP contribution is -2.47. The Labute approximate surface area is 205 Å². The Morgan fingerprint density at radius 3 is 2.64 bits per heavy atom. The Bertz CT molecular complexity index is 1050. The van der Waals surface area contributed by atoms with Crippen molar-refractivity contribution in [1.29, 1.82) is 0 Å². The van der Waals surface area contributed by atoms with E-state index >= 15 is 0 Å². The number of halogens is 3. The number of nitrogens with two attached hydrogens (primary N) is 1. The highest BCUT2D eigenvalue weighted by Crippen LogP contribution is 2.30. The zero-order valence-corrected chi connectivity index (χ0v) is 19.8. The van der Waals surface area contributed by atoms with Gasteiger partial charge in [0.25, 0.3) is 5.91 Å². The lowest BCUT2D eigenvalue weighted by Gasteiger charge is -2.19. The minimum atomic E-state index is -1.07. The number of hydrazine groups is 1. The molecule has 0 saturated heterocycles. The Balaban J connectivity index is 2.05. The zero-order valence-electron chi connectivity index (χ0n) is 17.5. The van der Waals surface area contributed by atoms with Crippen LogP contribution in [0.2, 0.25) is 15.1 Å². The molecule has 0 saturated carbocycles. The van der Waals surface area contributed by atoms with E-state index in [1.807, 2.05) is 0 Å². The predicted octanol–water partition coefficient (Wildman–Crippen LogP) is 2.79. The lowest BCUT2D eigenvalue weighted by molar-refractivity contribution is -0.147. The minimum absolute atomic E-state index is 0.00708. The summed E-state index contributed by atoms with van der Waals surface area (Å²) >= 11 is 18.3. The van der Waals surface area contributed by atoms with Crippen molar-refractivity contribution in [2.45, 2.75) is 19.4 Å². The molecule has 1 atom stereocenters. The summed E-state index contributed by atoms with van der Waals surface area (Å²) in [5.74, 6) is 3.36. The number of carbonyl (C=O) groups excluding carboxylic acids is 3. The van der Waals surface area contributed by atoms with E-state index in [1.54, 1.807) is 31.2 Å². The van der Waals surface area contributed by atoms with Crippen LogP contribution in [0.25, 0.3) is 0 Å². The highest BCUT2D eigenvalue weighted by molar-refractivity contribution is 6.43. The van der Waals surface area contributed by atoms with Crippen LogP contribution in [0.4, 0.5) is 5.69 Å². The summed E-state index contributed by atoms with van der Waals surface area (Å²) in [6, 6.07) is 8.34. The maximum Gasteiger partial charge on any atom is 0.328 e. The summed E-state index contributed by atoms with van der Waals surface area (Å²) in [4.78, 5) is 41.2. The molecule has 0 aromatic heterocycles. The van der Waals surface area contributed by atoms with Gasteiger partial charge in [0.2, 0.25) is 5.91 Å². The van der Waals surface area contributed by atoms with E-state index in [0.717, 1.165) is 0 Å². The van der Waals surface area contributed by atoms with Gasteiger partial charge in [0, 0.05) is 17.0 Å². The Morgan fingerprint density at radius 1 is 1.18 bits per heavy atom. The molecule has 176 valence electrons. The fourth-order valence-corrected chi connectivity index (χ4v) is 3.48. The van der Waals surface area contributed by atoms with E-state index < -0.39 is 23.8 Å². The lowest BCUT2D eigenvalue weighted by atomic mass is 10.1. The highest BCUT2D eigenvalue weighted by Gasteiger charge is 2.24. The molecular weight excluding hydrogens is 493 g/mol. The molecule has 12 heteroatoms. The van der Waals surface area contributed by atoms with Gasteiger partial charge in [-0.2, -0.15) is 0 Å². The van der Waals surface area contributed by atoms with Crippen molar-refractivity contribution in [3.8, 4) is 0 Å². The molecule has 0 heterocycles. The maximum atomic E-state index is 12.5. The summed E-state index contributed by atoms with van der Waals surface area (Å²) in [5.41, 5.74) is 3.50.